The molecule has 0 saturated heterocycles. The Morgan fingerprint density at radius 2 is 1.34 bits per heavy atom. The molecule has 0 unspecified atom stereocenters. The van der Waals surface area contributed by atoms with Crippen LogP contribution in [0.1, 0.15) is 13.8 Å². The zero-order valence-electron chi connectivity index (χ0n) is 15.9. The minimum absolute atomic E-state index is 0.519. The molecule has 166 valence electrons. The average Bonchev–Trinajstić information content (AvgIpc) is 2.64. The highest BCUT2D eigenvalue weighted by Crippen LogP contribution is 1.98. The van der Waals surface area contributed by atoms with Crippen LogP contribution in [-0.4, -0.2) is 100 Å². The lowest BCUT2D eigenvalue weighted by Crippen LogP contribution is -2.58. The van der Waals surface area contributed by atoms with Gasteiger partial charge >= 0.3 is 5.97 Å². The van der Waals surface area contributed by atoms with Crippen LogP contribution in [0.3, 0.4) is 0 Å². The number of rotatable bonds is 12. The van der Waals surface area contributed by atoms with Crippen LogP contribution >= 0.6 is 0 Å². The van der Waals surface area contributed by atoms with Gasteiger partial charge in [-0.25, -0.2) is 4.79 Å². The minimum Gasteiger partial charge on any atom is -0.480 e. The monoisotopic (exact) mass is 421 g/mol. The Balaban J connectivity index is 4.64. The molecule has 0 aromatic carbocycles. The number of carbonyl (C=O) groups is 5. The van der Waals surface area contributed by atoms with Gasteiger partial charge in [0.25, 0.3) is 0 Å². The van der Waals surface area contributed by atoms with Crippen molar-refractivity contribution < 1.29 is 44.4 Å². The predicted octanol–water partition coefficient (Wildman–Crippen LogP) is -5.65. The summed E-state index contributed by atoms with van der Waals surface area (Å²) in [4.78, 5) is 57.9. The first-order valence-corrected chi connectivity index (χ1v) is 8.50. The van der Waals surface area contributed by atoms with Gasteiger partial charge in [0, 0.05) is 0 Å². The number of hydrogen-bond acceptors (Lipinski definition) is 9. The van der Waals surface area contributed by atoms with Gasteiger partial charge in [-0.05, 0) is 13.8 Å². The Labute approximate surface area is 165 Å². The minimum atomic E-state index is -1.66. The molecule has 14 heteroatoms. The molecule has 0 aliphatic carbocycles. The Morgan fingerprint density at radius 3 is 1.79 bits per heavy atom. The van der Waals surface area contributed by atoms with E-state index in [1.807, 2.05) is 5.32 Å². The molecule has 0 saturated carbocycles. The van der Waals surface area contributed by atoms with Gasteiger partial charge in [-0.2, -0.15) is 0 Å². The van der Waals surface area contributed by atoms with Crippen molar-refractivity contribution >= 4 is 29.6 Å². The molecule has 0 spiro atoms. The van der Waals surface area contributed by atoms with Crippen LogP contribution in [0.4, 0.5) is 0 Å². The number of nitrogens with two attached hydrogens (primary N) is 1. The van der Waals surface area contributed by atoms with E-state index >= 15 is 0 Å². The number of amides is 4. The Kier molecular flexibility index (Phi) is 11.4. The molecule has 0 fully saturated rings. The molecule has 14 nitrogen and oxygen atoms in total. The summed E-state index contributed by atoms with van der Waals surface area (Å²) >= 11 is 0. The van der Waals surface area contributed by atoms with Gasteiger partial charge < -0.3 is 47.4 Å². The highest BCUT2D eigenvalue weighted by atomic mass is 16.4. The zero-order chi connectivity index (χ0) is 22.7. The molecule has 0 aliphatic rings. The summed E-state index contributed by atoms with van der Waals surface area (Å²) in [5.41, 5.74) is 5.24. The molecular weight excluding hydrogens is 394 g/mol. The number of nitrogens with one attached hydrogen (secondary N) is 4. The van der Waals surface area contributed by atoms with E-state index in [-0.39, 0.29) is 0 Å². The first-order chi connectivity index (χ1) is 13.4. The fourth-order valence-electron chi connectivity index (χ4n) is 1.88. The number of hydrogen-bond donors (Lipinski definition) is 9. The number of carboxylic acid groups (broad SMARTS) is 1. The number of aliphatic hydroxyl groups is 3. The molecule has 10 N–H and O–H groups in total. The summed E-state index contributed by atoms with van der Waals surface area (Å²) in [6, 6.07) is -4.41. The molecule has 0 rings (SSSR count). The SMILES string of the molecule is C[C@@H](O)[C@H](NC(=O)[C@@H](NC(=O)CNC(=O)CNC(=O)[C@@H](N)CO)[C@@H](C)O)C(=O)O. The van der Waals surface area contributed by atoms with E-state index < -0.39 is 79.6 Å². The molecule has 0 aliphatic heterocycles. The smallest absolute Gasteiger partial charge is 0.328 e. The van der Waals surface area contributed by atoms with Crippen LogP contribution in [-0.2, 0) is 24.0 Å². The van der Waals surface area contributed by atoms with Crippen molar-refractivity contribution in [1.82, 2.24) is 21.3 Å². The number of aliphatic hydroxyl groups excluding tert-OH is 3. The molecule has 0 aromatic heterocycles. The fraction of sp³-hybridized carbons (Fsp3) is 0.667. The molecule has 0 radical (unpaired) electrons. The Morgan fingerprint density at radius 1 is 0.828 bits per heavy atom. The van der Waals surface area contributed by atoms with Crippen molar-refractivity contribution in [1.29, 1.82) is 0 Å². The Hall–Kier alpha value is -2.81. The van der Waals surface area contributed by atoms with Crippen LogP contribution in [0, 0.1) is 0 Å². The van der Waals surface area contributed by atoms with Crippen LogP contribution < -0.4 is 27.0 Å². The van der Waals surface area contributed by atoms with Crippen molar-refractivity contribution in [2.45, 2.75) is 44.2 Å². The lowest BCUT2D eigenvalue weighted by molar-refractivity contribution is -0.145. The second-order valence-corrected chi connectivity index (χ2v) is 6.13. The third-order valence-corrected chi connectivity index (χ3v) is 3.53. The van der Waals surface area contributed by atoms with E-state index in [0.29, 0.717) is 0 Å². The van der Waals surface area contributed by atoms with Gasteiger partial charge in [0.2, 0.25) is 23.6 Å². The standard InChI is InChI=1S/C15H27N5O9/c1-6(22)11(14(27)20-12(7(2)23)15(28)29)19-10(25)4-17-9(24)3-18-13(26)8(16)5-21/h6-8,11-12,21-23H,3-5,16H2,1-2H3,(H,17,24)(H,18,26)(H,19,25)(H,20,27)(H,28,29)/t6-,7-,8+,11+,12+/m1/s1. The van der Waals surface area contributed by atoms with Crippen LogP contribution in [0.15, 0.2) is 0 Å². The van der Waals surface area contributed by atoms with Crippen molar-refractivity contribution in [3.8, 4) is 0 Å². The quantitative estimate of drug-likeness (QED) is 0.145. The molecule has 29 heavy (non-hydrogen) atoms. The van der Waals surface area contributed by atoms with E-state index in [4.69, 9.17) is 15.9 Å². The van der Waals surface area contributed by atoms with Crippen LogP contribution in [0.25, 0.3) is 0 Å². The summed E-state index contributed by atoms with van der Waals surface area (Å²) in [6.07, 6.45) is -2.85. The van der Waals surface area contributed by atoms with Crippen molar-refractivity contribution in [2.75, 3.05) is 19.7 Å². The van der Waals surface area contributed by atoms with E-state index in [2.05, 4.69) is 16.0 Å². The highest BCUT2D eigenvalue weighted by Gasteiger charge is 2.31. The normalized spacial score (nSPS) is 15.8. The van der Waals surface area contributed by atoms with E-state index in [9.17, 15) is 34.2 Å². The number of carboxylic acids is 1. The summed E-state index contributed by atoms with van der Waals surface area (Å²) in [5.74, 6) is -5.00. The van der Waals surface area contributed by atoms with Gasteiger partial charge in [0.05, 0.1) is 31.9 Å². The third kappa shape index (κ3) is 9.79. The molecule has 0 aromatic rings. The lowest BCUT2D eigenvalue weighted by atomic mass is 10.1. The van der Waals surface area contributed by atoms with Crippen LogP contribution in [0.2, 0.25) is 0 Å². The first kappa shape index (κ1) is 26.2. The summed E-state index contributed by atoms with van der Waals surface area (Å²) < 4.78 is 0. The van der Waals surface area contributed by atoms with Crippen molar-refractivity contribution in [2.24, 2.45) is 5.73 Å². The van der Waals surface area contributed by atoms with Gasteiger partial charge in [0.1, 0.15) is 12.1 Å². The summed E-state index contributed by atoms with van der Waals surface area (Å²) in [7, 11) is 0. The highest BCUT2D eigenvalue weighted by molar-refractivity contribution is 5.93. The molecule has 0 heterocycles. The van der Waals surface area contributed by atoms with E-state index in [0.717, 1.165) is 6.92 Å². The van der Waals surface area contributed by atoms with Gasteiger partial charge in [-0.3, -0.25) is 19.2 Å². The van der Waals surface area contributed by atoms with Gasteiger partial charge in [-0.15, -0.1) is 0 Å². The zero-order valence-corrected chi connectivity index (χ0v) is 15.9. The number of carbonyl (C=O) groups excluding carboxylic acids is 4. The topological polar surface area (TPSA) is 240 Å². The number of aliphatic carboxylic acids is 1. The largest absolute Gasteiger partial charge is 0.480 e. The second-order valence-electron chi connectivity index (χ2n) is 6.13. The Bertz CT molecular complexity index is 611. The van der Waals surface area contributed by atoms with E-state index in [1.54, 1.807) is 0 Å². The summed E-state index contributed by atoms with van der Waals surface area (Å²) in [5, 5.41) is 45.1. The predicted molar refractivity (Wildman–Crippen MR) is 95.9 cm³/mol. The van der Waals surface area contributed by atoms with Crippen molar-refractivity contribution in [3.05, 3.63) is 0 Å². The molecule has 0 bridgehead atoms. The lowest BCUT2D eigenvalue weighted by Gasteiger charge is -2.24. The molecule has 5 atom stereocenters. The molecule has 4 amide bonds. The third-order valence-electron chi connectivity index (χ3n) is 3.53. The fourth-order valence-corrected chi connectivity index (χ4v) is 1.88. The maximum Gasteiger partial charge on any atom is 0.328 e. The maximum absolute atomic E-state index is 12.1. The second kappa shape index (κ2) is 12.6. The average molecular weight is 421 g/mol. The van der Waals surface area contributed by atoms with E-state index in [1.165, 1.54) is 6.92 Å². The van der Waals surface area contributed by atoms with Crippen molar-refractivity contribution in [3.63, 3.8) is 0 Å². The van der Waals surface area contributed by atoms with Gasteiger partial charge in [-0.1, -0.05) is 0 Å². The van der Waals surface area contributed by atoms with Gasteiger partial charge in [0.15, 0.2) is 6.04 Å². The summed E-state index contributed by atoms with van der Waals surface area (Å²) in [6.45, 7) is 0.555. The first-order valence-electron chi connectivity index (χ1n) is 8.50. The maximum atomic E-state index is 12.1. The molecular formula is C15H27N5O9. The van der Waals surface area contributed by atoms with Crippen LogP contribution in [0.5, 0.6) is 0 Å².